The molecule has 0 spiro atoms. The summed E-state index contributed by atoms with van der Waals surface area (Å²) in [6.45, 7) is 0.965. The fourth-order valence-corrected chi connectivity index (χ4v) is 5.16. The monoisotopic (exact) mass is 471 g/mol. The highest BCUT2D eigenvalue weighted by atomic mass is 35.5. The number of carbonyl (C=O) groups is 1. The molecule has 2 heterocycles. The third-order valence-electron chi connectivity index (χ3n) is 5.40. The first-order valence-electron chi connectivity index (χ1n) is 9.70. The molecule has 1 aromatic heterocycles. The second-order valence-electron chi connectivity index (χ2n) is 7.59. The third-order valence-corrected chi connectivity index (χ3v) is 6.80. The number of alkyl halides is 2. The van der Waals surface area contributed by atoms with Crippen molar-refractivity contribution in [1.82, 2.24) is 4.57 Å². The number of hydrogen-bond donors (Lipinski definition) is 1. The van der Waals surface area contributed by atoms with Gasteiger partial charge < -0.3 is 19.1 Å². The van der Waals surface area contributed by atoms with E-state index in [0.717, 1.165) is 4.90 Å². The van der Waals surface area contributed by atoms with E-state index in [0.29, 0.717) is 53.0 Å². The maximum absolute atomic E-state index is 13.6. The molecule has 10 heteroatoms. The van der Waals surface area contributed by atoms with Gasteiger partial charge in [0, 0.05) is 55.2 Å². The summed E-state index contributed by atoms with van der Waals surface area (Å²) < 4.78 is 39.2. The van der Waals surface area contributed by atoms with Crippen molar-refractivity contribution in [3.8, 4) is 17.0 Å². The fourth-order valence-electron chi connectivity index (χ4n) is 3.91. The second-order valence-corrected chi connectivity index (χ2v) is 9.02. The number of nitrogens with zero attached hydrogens (tertiary/aromatic N) is 1. The van der Waals surface area contributed by atoms with E-state index in [1.54, 1.807) is 19.2 Å². The molecule has 1 aromatic carbocycles. The van der Waals surface area contributed by atoms with Crippen LogP contribution in [-0.4, -0.2) is 41.9 Å². The van der Waals surface area contributed by atoms with Gasteiger partial charge in [0.15, 0.2) is 0 Å². The molecular weight excluding hydrogens is 452 g/mol. The number of hydrogen-bond acceptors (Lipinski definition) is 5. The Morgan fingerprint density at radius 1 is 1.32 bits per heavy atom. The number of aromatic carboxylic acids is 1. The van der Waals surface area contributed by atoms with Gasteiger partial charge in [-0.25, -0.2) is 13.6 Å². The SMILES string of the molecule is COCCCOc1cc2c(cc1Cl)-c1c(cc(C(=O)O)c(=O)n1C1CC(F)(F)C1)CS2. The van der Waals surface area contributed by atoms with Gasteiger partial charge in [0.2, 0.25) is 0 Å². The van der Waals surface area contributed by atoms with E-state index in [1.165, 1.54) is 22.4 Å². The lowest BCUT2D eigenvalue weighted by Gasteiger charge is -2.38. The highest BCUT2D eigenvalue weighted by molar-refractivity contribution is 7.98. The number of thioether (sulfide) groups is 1. The van der Waals surface area contributed by atoms with Gasteiger partial charge in [-0.15, -0.1) is 11.8 Å². The van der Waals surface area contributed by atoms with Gasteiger partial charge in [0.25, 0.3) is 11.5 Å². The lowest BCUT2D eigenvalue weighted by molar-refractivity contribution is -0.104. The lowest BCUT2D eigenvalue weighted by Crippen LogP contribution is -2.43. The number of carboxylic acids is 1. The molecule has 6 nitrogen and oxygen atoms in total. The molecule has 2 aromatic rings. The molecule has 0 saturated heterocycles. The number of carboxylic acid groups (broad SMARTS) is 1. The summed E-state index contributed by atoms with van der Waals surface area (Å²) in [6, 6.07) is 4.00. The number of ether oxygens (including phenoxy) is 2. The van der Waals surface area contributed by atoms with Gasteiger partial charge in [-0.05, 0) is 23.8 Å². The number of rotatable bonds is 7. The first kappa shape index (κ1) is 22.1. The summed E-state index contributed by atoms with van der Waals surface area (Å²) >= 11 is 7.87. The van der Waals surface area contributed by atoms with Crippen LogP contribution < -0.4 is 10.3 Å². The Hall–Kier alpha value is -2.10. The van der Waals surface area contributed by atoms with Crippen LogP contribution in [0.4, 0.5) is 8.78 Å². The van der Waals surface area contributed by atoms with E-state index in [9.17, 15) is 23.5 Å². The summed E-state index contributed by atoms with van der Waals surface area (Å²) in [4.78, 5) is 25.3. The average Bonchev–Trinajstić information content (AvgIpc) is 2.69. The first-order valence-corrected chi connectivity index (χ1v) is 11.1. The van der Waals surface area contributed by atoms with Crippen LogP contribution in [0, 0.1) is 0 Å². The Kier molecular flexibility index (Phi) is 6.02. The molecule has 0 amide bonds. The summed E-state index contributed by atoms with van der Waals surface area (Å²) in [6.07, 6.45) is -0.314. The molecule has 1 aliphatic heterocycles. The number of methoxy groups -OCH3 is 1. The van der Waals surface area contributed by atoms with Gasteiger partial charge in [-0.1, -0.05) is 11.6 Å². The molecule has 4 rings (SSSR count). The van der Waals surface area contributed by atoms with Crippen LogP contribution >= 0.6 is 23.4 Å². The van der Waals surface area contributed by atoms with E-state index in [2.05, 4.69) is 0 Å². The smallest absolute Gasteiger partial charge is 0.341 e. The molecule has 1 N–H and O–H groups in total. The Labute approximate surface area is 186 Å². The van der Waals surface area contributed by atoms with Gasteiger partial charge in [-0.2, -0.15) is 0 Å². The normalized spacial score (nSPS) is 16.9. The molecule has 0 bridgehead atoms. The molecule has 0 atom stereocenters. The number of halogens is 3. The van der Waals surface area contributed by atoms with E-state index >= 15 is 0 Å². The van der Waals surface area contributed by atoms with Crippen LogP contribution in [0.15, 0.2) is 27.9 Å². The summed E-state index contributed by atoms with van der Waals surface area (Å²) in [5.74, 6) is -3.35. The van der Waals surface area contributed by atoms with Gasteiger partial charge in [-0.3, -0.25) is 4.79 Å². The minimum Gasteiger partial charge on any atom is -0.492 e. The van der Waals surface area contributed by atoms with Crippen molar-refractivity contribution in [3.63, 3.8) is 0 Å². The van der Waals surface area contributed by atoms with Crippen molar-refractivity contribution < 1.29 is 28.2 Å². The van der Waals surface area contributed by atoms with Crippen LogP contribution in [0.3, 0.4) is 0 Å². The van der Waals surface area contributed by atoms with Gasteiger partial charge >= 0.3 is 5.97 Å². The van der Waals surface area contributed by atoms with E-state index < -0.39 is 41.9 Å². The molecular formula is C21H20ClF2NO5S. The molecule has 166 valence electrons. The van der Waals surface area contributed by atoms with Crippen LogP contribution in [0.2, 0.25) is 5.02 Å². The molecule has 31 heavy (non-hydrogen) atoms. The Morgan fingerprint density at radius 2 is 2.06 bits per heavy atom. The standard InChI is InChI=1S/C21H20ClF2NO5S/c1-29-3-2-4-30-16-7-17-13(6-15(16)22)18-11(10-31-17)5-14(20(27)28)19(26)25(18)12-8-21(23,24)9-12/h5-7,12H,2-4,8-10H2,1H3,(H,27,28). The predicted octanol–water partition coefficient (Wildman–Crippen LogP) is 4.86. The zero-order chi connectivity index (χ0) is 22.3. The van der Waals surface area contributed by atoms with Gasteiger partial charge in [0.1, 0.15) is 11.3 Å². The first-order chi connectivity index (χ1) is 14.7. The largest absolute Gasteiger partial charge is 0.492 e. The molecule has 0 unspecified atom stereocenters. The van der Waals surface area contributed by atoms with Crippen LogP contribution in [0.25, 0.3) is 11.3 Å². The molecule has 0 radical (unpaired) electrons. The van der Waals surface area contributed by atoms with Crippen molar-refractivity contribution in [2.24, 2.45) is 0 Å². The van der Waals surface area contributed by atoms with Crippen LogP contribution in [0.1, 0.15) is 41.2 Å². The molecule has 1 aliphatic carbocycles. The maximum Gasteiger partial charge on any atom is 0.341 e. The molecule has 1 saturated carbocycles. The zero-order valence-corrected chi connectivity index (χ0v) is 18.2. The molecule has 1 fully saturated rings. The van der Waals surface area contributed by atoms with Crippen molar-refractivity contribution in [2.45, 2.75) is 41.9 Å². The summed E-state index contributed by atoms with van der Waals surface area (Å²) in [5.41, 5.74) is 0.485. The number of fused-ring (bicyclic) bond motifs is 3. The topological polar surface area (TPSA) is 77.8 Å². The Balaban J connectivity index is 1.80. The second kappa shape index (κ2) is 8.44. The number of pyridine rings is 1. The van der Waals surface area contributed by atoms with Crippen molar-refractivity contribution >= 4 is 29.3 Å². The lowest BCUT2D eigenvalue weighted by atomic mass is 9.86. The van der Waals surface area contributed by atoms with Crippen molar-refractivity contribution in [3.05, 3.63) is 44.7 Å². The summed E-state index contributed by atoms with van der Waals surface area (Å²) in [7, 11) is 1.60. The Morgan fingerprint density at radius 3 is 2.71 bits per heavy atom. The van der Waals surface area contributed by atoms with E-state index in [4.69, 9.17) is 21.1 Å². The predicted molar refractivity (Wildman–Crippen MR) is 113 cm³/mol. The van der Waals surface area contributed by atoms with Crippen molar-refractivity contribution in [2.75, 3.05) is 20.3 Å². The van der Waals surface area contributed by atoms with E-state index in [1.807, 2.05) is 0 Å². The third kappa shape index (κ3) is 4.18. The van der Waals surface area contributed by atoms with E-state index in [-0.39, 0.29) is 0 Å². The fraction of sp³-hybridized carbons (Fsp3) is 0.429. The zero-order valence-electron chi connectivity index (χ0n) is 16.6. The minimum absolute atomic E-state index is 0.324. The minimum atomic E-state index is -2.86. The average molecular weight is 472 g/mol. The quantitative estimate of drug-likeness (QED) is 0.581. The Bertz CT molecular complexity index is 1100. The highest BCUT2D eigenvalue weighted by Gasteiger charge is 2.48. The number of aromatic nitrogens is 1. The van der Waals surface area contributed by atoms with Crippen molar-refractivity contribution in [1.29, 1.82) is 0 Å². The highest BCUT2D eigenvalue weighted by Crippen LogP contribution is 2.50. The van der Waals surface area contributed by atoms with Crippen LogP contribution in [0.5, 0.6) is 5.75 Å². The van der Waals surface area contributed by atoms with Crippen LogP contribution in [-0.2, 0) is 10.5 Å². The maximum atomic E-state index is 13.6. The van der Waals surface area contributed by atoms with Gasteiger partial charge in [0.05, 0.1) is 17.3 Å². The summed E-state index contributed by atoms with van der Waals surface area (Å²) in [5, 5.41) is 9.77. The number of benzene rings is 1. The molecule has 2 aliphatic rings.